The van der Waals surface area contributed by atoms with E-state index in [-0.39, 0.29) is 6.04 Å². The maximum atomic E-state index is 5.67. The normalized spacial score (nSPS) is 13.5. The van der Waals surface area contributed by atoms with Gasteiger partial charge in [0.15, 0.2) is 5.82 Å². The number of fused-ring (bicyclic) bond motifs is 1. The first-order valence-corrected chi connectivity index (χ1v) is 3.70. The van der Waals surface area contributed by atoms with Gasteiger partial charge in [-0.25, -0.2) is 4.98 Å². The molecule has 2 heterocycles. The van der Waals surface area contributed by atoms with Crippen LogP contribution in [-0.4, -0.2) is 19.6 Å². The van der Waals surface area contributed by atoms with Gasteiger partial charge in [-0.15, -0.1) is 10.2 Å². The standard InChI is InChI=1S/C7H9N5/c1-5(8)6-10-11-7-9-3-2-4-12(6)7/h2-5H,8H2,1H3. The van der Waals surface area contributed by atoms with Crippen LogP contribution >= 0.6 is 0 Å². The highest BCUT2D eigenvalue weighted by molar-refractivity contribution is 5.26. The van der Waals surface area contributed by atoms with Crippen molar-refractivity contribution in [2.75, 3.05) is 0 Å². The van der Waals surface area contributed by atoms with Crippen molar-refractivity contribution in [3.8, 4) is 0 Å². The quantitative estimate of drug-likeness (QED) is 0.649. The predicted molar refractivity (Wildman–Crippen MR) is 43.4 cm³/mol. The van der Waals surface area contributed by atoms with Gasteiger partial charge in [-0.3, -0.25) is 4.40 Å². The summed E-state index contributed by atoms with van der Waals surface area (Å²) in [6, 6.07) is 1.70. The Morgan fingerprint density at radius 2 is 2.33 bits per heavy atom. The molecule has 0 aliphatic heterocycles. The zero-order chi connectivity index (χ0) is 8.55. The van der Waals surface area contributed by atoms with Crippen molar-refractivity contribution in [2.24, 2.45) is 5.73 Å². The second-order valence-electron chi connectivity index (χ2n) is 2.64. The van der Waals surface area contributed by atoms with Crippen molar-refractivity contribution in [1.29, 1.82) is 0 Å². The predicted octanol–water partition coefficient (Wildman–Crippen LogP) is 0.144. The fourth-order valence-electron chi connectivity index (χ4n) is 1.07. The summed E-state index contributed by atoms with van der Waals surface area (Å²) in [7, 11) is 0. The molecule has 5 heteroatoms. The smallest absolute Gasteiger partial charge is 0.254 e. The van der Waals surface area contributed by atoms with Crippen LogP contribution in [0.5, 0.6) is 0 Å². The molecular weight excluding hydrogens is 154 g/mol. The summed E-state index contributed by atoms with van der Waals surface area (Å²) < 4.78 is 1.78. The molecule has 0 amide bonds. The molecule has 0 aliphatic carbocycles. The van der Waals surface area contributed by atoms with Crippen LogP contribution in [0.3, 0.4) is 0 Å². The minimum atomic E-state index is -0.121. The van der Waals surface area contributed by atoms with Crippen molar-refractivity contribution < 1.29 is 0 Å². The highest BCUT2D eigenvalue weighted by atomic mass is 15.3. The molecule has 0 saturated carbocycles. The van der Waals surface area contributed by atoms with Gasteiger partial charge in [-0.2, -0.15) is 0 Å². The van der Waals surface area contributed by atoms with E-state index in [1.165, 1.54) is 0 Å². The lowest BCUT2D eigenvalue weighted by atomic mass is 10.3. The minimum absolute atomic E-state index is 0.121. The largest absolute Gasteiger partial charge is 0.322 e. The van der Waals surface area contributed by atoms with E-state index in [9.17, 15) is 0 Å². The molecule has 0 aromatic carbocycles. The fraction of sp³-hybridized carbons (Fsp3) is 0.286. The van der Waals surface area contributed by atoms with Gasteiger partial charge >= 0.3 is 0 Å². The summed E-state index contributed by atoms with van der Waals surface area (Å²) in [5.74, 6) is 1.32. The molecule has 62 valence electrons. The Morgan fingerprint density at radius 3 is 3.08 bits per heavy atom. The topological polar surface area (TPSA) is 69.1 Å². The number of hydrogen-bond donors (Lipinski definition) is 1. The van der Waals surface area contributed by atoms with Gasteiger partial charge in [-0.05, 0) is 13.0 Å². The van der Waals surface area contributed by atoms with Crippen LogP contribution in [0, 0.1) is 0 Å². The van der Waals surface area contributed by atoms with Crippen molar-refractivity contribution in [1.82, 2.24) is 19.6 Å². The summed E-state index contributed by atoms with van der Waals surface area (Å²) >= 11 is 0. The molecule has 0 saturated heterocycles. The van der Waals surface area contributed by atoms with E-state index >= 15 is 0 Å². The van der Waals surface area contributed by atoms with Crippen LogP contribution < -0.4 is 5.73 Å². The van der Waals surface area contributed by atoms with Crippen molar-refractivity contribution >= 4 is 5.78 Å². The summed E-state index contributed by atoms with van der Waals surface area (Å²) in [6.07, 6.45) is 3.52. The van der Waals surface area contributed by atoms with Gasteiger partial charge < -0.3 is 5.73 Å². The molecule has 5 nitrogen and oxygen atoms in total. The lowest BCUT2D eigenvalue weighted by Crippen LogP contribution is -2.09. The van der Waals surface area contributed by atoms with Gasteiger partial charge in [0.1, 0.15) is 0 Å². The van der Waals surface area contributed by atoms with E-state index in [2.05, 4.69) is 15.2 Å². The zero-order valence-corrected chi connectivity index (χ0v) is 6.68. The molecule has 0 radical (unpaired) electrons. The monoisotopic (exact) mass is 163 g/mol. The maximum Gasteiger partial charge on any atom is 0.254 e. The van der Waals surface area contributed by atoms with E-state index in [0.717, 1.165) is 5.82 Å². The van der Waals surface area contributed by atoms with Crippen LogP contribution in [0.15, 0.2) is 18.5 Å². The average molecular weight is 163 g/mol. The highest BCUT2D eigenvalue weighted by Crippen LogP contribution is 2.06. The Morgan fingerprint density at radius 1 is 1.50 bits per heavy atom. The van der Waals surface area contributed by atoms with Crippen LogP contribution in [0.1, 0.15) is 18.8 Å². The van der Waals surface area contributed by atoms with Crippen molar-refractivity contribution in [3.63, 3.8) is 0 Å². The Hall–Kier alpha value is -1.49. The highest BCUT2D eigenvalue weighted by Gasteiger charge is 2.08. The third-order valence-corrected chi connectivity index (χ3v) is 1.62. The number of aromatic nitrogens is 4. The van der Waals surface area contributed by atoms with E-state index in [1.807, 2.05) is 19.2 Å². The van der Waals surface area contributed by atoms with Gasteiger partial charge in [0, 0.05) is 12.4 Å². The molecule has 2 N–H and O–H groups in total. The second kappa shape index (κ2) is 2.53. The zero-order valence-electron chi connectivity index (χ0n) is 6.68. The molecule has 1 atom stereocenters. The molecule has 0 fully saturated rings. The first-order chi connectivity index (χ1) is 5.79. The lowest BCUT2D eigenvalue weighted by Gasteiger charge is -2.00. The van der Waals surface area contributed by atoms with E-state index in [0.29, 0.717) is 5.78 Å². The number of rotatable bonds is 1. The summed E-state index contributed by atoms with van der Waals surface area (Å²) in [5.41, 5.74) is 5.67. The van der Waals surface area contributed by atoms with Crippen LogP contribution in [0.4, 0.5) is 0 Å². The van der Waals surface area contributed by atoms with Gasteiger partial charge in [0.25, 0.3) is 5.78 Å². The van der Waals surface area contributed by atoms with Crippen LogP contribution in [0.25, 0.3) is 5.78 Å². The summed E-state index contributed by atoms with van der Waals surface area (Å²) in [4.78, 5) is 4.02. The molecular formula is C7H9N5. The molecule has 0 aliphatic rings. The molecule has 1 unspecified atom stereocenters. The molecule has 2 aromatic heterocycles. The minimum Gasteiger partial charge on any atom is -0.322 e. The fourth-order valence-corrected chi connectivity index (χ4v) is 1.07. The SMILES string of the molecule is CC(N)c1nnc2ncccn12. The van der Waals surface area contributed by atoms with E-state index in [4.69, 9.17) is 5.73 Å². The summed E-state index contributed by atoms with van der Waals surface area (Å²) in [5, 5.41) is 7.78. The van der Waals surface area contributed by atoms with Crippen LogP contribution in [-0.2, 0) is 0 Å². The molecule has 12 heavy (non-hydrogen) atoms. The third kappa shape index (κ3) is 0.947. The summed E-state index contributed by atoms with van der Waals surface area (Å²) in [6.45, 7) is 1.86. The average Bonchev–Trinajstić information content (AvgIpc) is 2.47. The first kappa shape index (κ1) is 7.17. The Labute approximate surface area is 69.2 Å². The molecule has 2 aromatic rings. The van der Waals surface area contributed by atoms with Gasteiger partial charge in [0.2, 0.25) is 0 Å². The second-order valence-corrected chi connectivity index (χ2v) is 2.64. The Kier molecular flexibility index (Phi) is 1.51. The molecule has 0 spiro atoms. The number of nitrogens with zero attached hydrogens (tertiary/aromatic N) is 4. The first-order valence-electron chi connectivity index (χ1n) is 3.70. The van der Waals surface area contributed by atoms with E-state index < -0.39 is 0 Å². The number of nitrogens with two attached hydrogens (primary N) is 1. The maximum absolute atomic E-state index is 5.67. The van der Waals surface area contributed by atoms with Gasteiger partial charge in [-0.1, -0.05) is 0 Å². The number of hydrogen-bond acceptors (Lipinski definition) is 4. The van der Waals surface area contributed by atoms with Gasteiger partial charge in [0.05, 0.1) is 6.04 Å². The molecule has 0 bridgehead atoms. The van der Waals surface area contributed by atoms with Crippen LogP contribution in [0.2, 0.25) is 0 Å². The van der Waals surface area contributed by atoms with Crippen molar-refractivity contribution in [3.05, 3.63) is 24.3 Å². The Bertz CT molecular complexity index is 391. The Balaban J connectivity index is 2.70. The lowest BCUT2D eigenvalue weighted by molar-refractivity contribution is 0.725. The van der Waals surface area contributed by atoms with Crippen molar-refractivity contribution in [2.45, 2.75) is 13.0 Å². The third-order valence-electron chi connectivity index (χ3n) is 1.62. The van der Waals surface area contributed by atoms with E-state index in [1.54, 1.807) is 10.6 Å². The molecule has 2 rings (SSSR count).